The summed E-state index contributed by atoms with van der Waals surface area (Å²) in [6, 6.07) is 7.69. The Morgan fingerprint density at radius 1 is 1.14 bits per heavy atom. The minimum Gasteiger partial charge on any atom is -0.380 e. The third-order valence-corrected chi connectivity index (χ3v) is 3.20. The van der Waals surface area contributed by atoms with Crippen molar-refractivity contribution in [3.63, 3.8) is 0 Å². The van der Waals surface area contributed by atoms with Gasteiger partial charge in [0, 0.05) is 32.3 Å². The molecule has 0 aromatic heterocycles. The quantitative estimate of drug-likeness (QED) is 0.738. The van der Waals surface area contributed by atoms with E-state index in [1.165, 1.54) is 0 Å². The minimum absolute atomic E-state index is 0.106. The Kier molecular flexibility index (Phi) is 7.40. The van der Waals surface area contributed by atoms with Crippen molar-refractivity contribution in [3.05, 3.63) is 35.4 Å². The molecule has 0 N–H and O–H groups in total. The van der Waals surface area contributed by atoms with Crippen LogP contribution in [0.25, 0.3) is 0 Å². The van der Waals surface area contributed by atoms with Crippen LogP contribution in [0, 0.1) is 5.92 Å². The van der Waals surface area contributed by atoms with Crippen LogP contribution in [0.4, 0.5) is 0 Å². The summed E-state index contributed by atoms with van der Waals surface area (Å²) < 4.78 is 5.09. The first kappa shape index (κ1) is 17.7. The molecule has 1 rings (SSSR count). The van der Waals surface area contributed by atoms with Crippen molar-refractivity contribution >= 4 is 5.91 Å². The Morgan fingerprint density at radius 3 is 2.24 bits per heavy atom. The number of carbonyl (C=O) groups excluding carboxylic acids is 1. The lowest BCUT2D eigenvalue weighted by atomic mass is 10.1. The second kappa shape index (κ2) is 8.80. The van der Waals surface area contributed by atoms with Crippen molar-refractivity contribution in [2.75, 3.05) is 40.8 Å². The third kappa shape index (κ3) is 6.27. The van der Waals surface area contributed by atoms with Gasteiger partial charge < -0.3 is 14.5 Å². The molecular formula is C17H28N2O2. The highest BCUT2D eigenvalue weighted by Crippen LogP contribution is 2.10. The highest BCUT2D eigenvalue weighted by molar-refractivity contribution is 5.94. The number of amides is 1. The average molecular weight is 292 g/mol. The number of rotatable bonds is 8. The topological polar surface area (TPSA) is 32.8 Å². The first-order valence-corrected chi connectivity index (χ1v) is 7.46. The summed E-state index contributed by atoms with van der Waals surface area (Å²) in [7, 11) is 5.72. The molecule has 1 aromatic carbocycles. The van der Waals surface area contributed by atoms with Crippen molar-refractivity contribution in [2.45, 2.75) is 20.5 Å². The van der Waals surface area contributed by atoms with Crippen LogP contribution in [-0.2, 0) is 11.3 Å². The molecule has 0 heterocycles. The molecule has 0 bridgehead atoms. The van der Waals surface area contributed by atoms with Gasteiger partial charge >= 0.3 is 0 Å². The van der Waals surface area contributed by atoms with Gasteiger partial charge in [0.1, 0.15) is 0 Å². The maximum atomic E-state index is 12.6. The molecule has 1 amide bonds. The fourth-order valence-corrected chi connectivity index (χ4v) is 2.13. The van der Waals surface area contributed by atoms with Gasteiger partial charge in [-0.25, -0.2) is 0 Å². The number of nitrogens with zero attached hydrogens (tertiary/aromatic N) is 2. The summed E-state index contributed by atoms with van der Waals surface area (Å²) in [5, 5.41) is 0. The summed E-state index contributed by atoms with van der Waals surface area (Å²) in [4.78, 5) is 16.7. The van der Waals surface area contributed by atoms with Gasteiger partial charge in [0.15, 0.2) is 0 Å². The Balaban J connectivity index is 2.77. The van der Waals surface area contributed by atoms with Crippen molar-refractivity contribution < 1.29 is 9.53 Å². The van der Waals surface area contributed by atoms with Gasteiger partial charge in [-0.1, -0.05) is 26.0 Å². The van der Waals surface area contributed by atoms with Gasteiger partial charge in [0.25, 0.3) is 5.91 Å². The number of methoxy groups -OCH3 is 1. The van der Waals surface area contributed by atoms with Gasteiger partial charge in [-0.15, -0.1) is 0 Å². The fraction of sp³-hybridized carbons (Fsp3) is 0.588. The first-order valence-electron chi connectivity index (χ1n) is 7.46. The second-order valence-electron chi connectivity index (χ2n) is 6.08. The highest BCUT2D eigenvalue weighted by Gasteiger charge is 2.16. The van der Waals surface area contributed by atoms with E-state index in [0.29, 0.717) is 12.5 Å². The largest absolute Gasteiger partial charge is 0.380 e. The van der Waals surface area contributed by atoms with Crippen LogP contribution in [0.1, 0.15) is 29.8 Å². The number of likely N-dealkylation sites (N-methyl/N-ethyl adjacent to an activating group) is 1. The maximum absolute atomic E-state index is 12.6. The third-order valence-electron chi connectivity index (χ3n) is 3.20. The Morgan fingerprint density at radius 2 is 1.76 bits per heavy atom. The zero-order chi connectivity index (χ0) is 15.8. The normalized spacial score (nSPS) is 11.2. The molecule has 118 valence electrons. The smallest absolute Gasteiger partial charge is 0.253 e. The van der Waals surface area contributed by atoms with Gasteiger partial charge in [0.05, 0.1) is 6.61 Å². The zero-order valence-corrected chi connectivity index (χ0v) is 13.9. The van der Waals surface area contributed by atoms with Crippen molar-refractivity contribution in [2.24, 2.45) is 5.92 Å². The molecular weight excluding hydrogens is 264 g/mol. The molecule has 21 heavy (non-hydrogen) atoms. The summed E-state index contributed by atoms with van der Waals surface area (Å²) in [6.45, 7) is 7.26. The summed E-state index contributed by atoms with van der Waals surface area (Å²) >= 11 is 0. The van der Waals surface area contributed by atoms with Crippen LogP contribution >= 0.6 is 0 Å². The monoisotopic (exact) mass is 292 g/mol. The van der Waals surface area contributed by atoms with E-state index in [2.05, 4.69) is 18.7 Å². The van der Waals surface area contributed by atoms with E-state index < -0.39 is 0 Å². The number of benzene rings is 1. The van der Waals surface area contributed by atoms with E-state index in [1.807, 2.05) is 43.3 Å². The summed E-state index contributed by atoms with van der Waals surface area (Å²) in [5.41, 5.74) is 1.83. The first-order chi connectivity index (χ1) is 9.93. The maximum Gasteiger partial charge on any atom is 0.253 e. The predicted octanol–water partition coefficient (Wildman–Crippen LogP) is 2.49. The van der Waals surface area contributed by atoms with E-state index in [1.54, 1.807) is 7.11 Å². The molecule has 0 radical (unpaired) electrons. The number of ether oxygens (including phenoxy) is 1. The summed E-state index contributed by atoms with van der Waals surface area (Å²) in [6.07, 6.45) is 0. The van der Waals surface area contributed by atoms with Crippen LogP contribution in [0.2, 0.25) is 0 Å². The molecule has 0 fully saturated rings. The van der Waals surface area contributed by atoms with Gasteiger partial charge in [0.2, 0.25) is 0 Å². The van der Waals surface area contributed by atoms with Crippen molar-refractivity contribution in [1.82, 2.24) is 9.80 Å². The zero-order valence-electron chi connectivity index (χ0n) is 13.9. The SMILES string of the molecule is COCc1ccc(C(=O)N(CCN(C)C)CC(C)C)cc1. The Hall–Kier alpha value is -1.39. The van der Waals surface area contributed by atoms with Gasteiger partial charge in [-0.05, 0) is 37.7 Å². The molecule has 4 nitrogen and oxygen atoms in total. The number of carbonyl (C=O) groups is 1. The van der Waals surface area contributed by atoms with Crippen molar-refractivity contribution in [3.8, 4) is 0 Å². The molecule has 0 saturated carbocycles. The van der Waals surface area contributed by atoms with E-state index in [-0.39, 0.29) is 5.91 Å². The van der Waals surface area contributed by atoms with Gasteiger partial charge in [-0.2, -0.15) is 0 Å². The van der Waals surface area contributed by atoms with Gasteiger partial charge in [-0.3, -0.25) is 4.79 Å². The molecule has 0 aliphatic heterocycles. The van der Waals surface area contributed by atoms with E-state index in [9.17, 15) is 4.79 Å². The fourth-order valence-electron chi connectivity index (χ4n) is 2.13. The molecule has 0 aliphatic carbocycles. The van der Waals surface area contributed by atoms with Crippen LogP contribution in [0.3, 0.4) is 0 Å². The second-order valence-corrected chi connectivity index (χ2v) is 6.08. The predicted molar refractivity (Wildman–Crippen MR) is 86.5 cm³/mol. The lowest BCUT2D eigenvalue weighted by molar-refractivity contribution is 0.0724. The van der Waals surface area contributed by atoms with Crippen LogP contribution in [-0.4, -0.2) is 56.5 Å². The number of hydrogen-bond donors (Lipinski definition) is 0. The Labute approximate surface area is 128 Å². The van der Waals surface area contributed by atoms with Crippen LogP contribution in [0.15, 0.2) is 24.3 Å². The lowest BCUT2D eigenvalue weighted by Crippen LogP contribution is -2.39. The minimum atomic E-state index is 0.106. The lowest BCUT2D eigenvalue weighted by Gasteiger charge is -2.26. The van der Waals surface area contributed by atoms with Crippen LogP contribution in [0.5, 0.6) is 0 Å². The van der Waals surface area contributed by atoms with Crippen LogP contribution < -0.4 is 0 Å². The van der Waals surface area contributed by atoms with Crippen molar-refractivity contribution in [1.29, 1.82) is 0 Å². The molecule has 0 spiro atoms. The number of hydrogen-bond acceptors (Lipinski definition) is 3. The molecule has 0 aliphatic rings. The van der Waals surface area contributed by atoms with E-state index in [4.69, 9.17) is 4.74 Å². The standard InChI is InChI=1S/C17H28N2O2/c1-14(2)12-19(11-10-18(3)4)17(20)16-8-6-15(7-9-16)13-21-5/h6-9,14H,10-13H2,1-5H3. The summed E-state index contributed by atoms with van der Waals surface area (Å²) in [5.74, 6) is 0.568. The molecule has 0 unspecified atom stereocenters. The molecule has 0 atom stereocenters. The molecule has 0 saturated heterocycles. The van der Waals surface area contributed by atoms with E-state index in [0.717, 1.165) is 30.8 Å². The molecule has 1 aromatic rings. The highest BCUT2D eigenvalue weighted by atomic mass is 16.5. The Bertz CT molecular complexity index is 427. The average Bonchev–Trinajstić information content (AvgIpc) is 2.43. The molecule has 4 heteroatoms. The van der Waals surface area contributed by atoms with E-state index >= 15 is 0 Å².